The van der Waals surface area contributed by atoms with Gasteiger partial charge in [0.05, 0.1) is 5.60 Å². The zero-order valence-corrected chi connectivity index (χ0v) is 13.8. The Bertz CT molecular complexity index is 370. The maximum Gasteiger partial charge on any atom is 0.323 e. The molecule has 5 heteroatoms. The molecule has 0 radical (unpaired) electrons. The minimum atomic E-state index is -0.778. The van der Waals surface area contributed by atoms with Gasteiger partial charge in [0, 0.05) is 25.6 Å². The van der Waals surface area contributed by atoms with E-state index in [2.05, 4.69) is 10.2 Å². The lowest BCUT2D eigenvalue weighted by Crippen LogP contribution is -2.60. The molecule has 2 rings (SSSR count). The number of aliphatic hydroxyl groups is 1. The van der Waals surface area contributed by atoms with E-state index in [9.17, 15) is 9.90 Å². The summed E-state index contributed by atoms with van der Waals surface area (Å²) in [5.74, 6) is -0.201. The van der Waals surface area contributed by atoms with E-state index in [1.807, 2.05) is 27.7 Å². The Morgan fingerprint density at radius 3 is 2.71 bits per heavy atom. The third-order valence-corrected chi connectivity index (χ3v) is 4.36. The molecule has 0 saturated carbocycles. The number of likely N-dealkylation sites (tertiary alicyclic amines) is 1. The van der Waals surface area contributed by atoms with E-state index in [1.165, 1.54) is 0 Å². The summed E-state index contributed by atoms with van der Waals surface area (Å²) in [5, 5.41) is 13.8. The third kappa shape index (κ3) is 4.66. The van der Waals surface area contributed by atoms with Crippen molar-refractivity contribution in [2.24, 2.45) is 0 Å². The van der Waals surface area contributed by atoms with Crippen LogP contribution in [0.2, 0.25) is 0 Å². The molecule has 2 aliphatic heterocycles. The number of nitrogens with zero attached hydrogens (tertiary/aromatic N) is 1. The van der Waals surface area contributed by atoms with Gasteiger partial charge in [-0.05, 0) is 53.5 Å². The van der Waals surface area contributed by atoms with Gasteiger partial charge in [0.2, 0.25) is 0 Å². The normalized spacial score (nSPS) is 35.5. The van der Waals surface area contributed by atoms with Crippen LogP contribution in [0.25, 0.3) is 0 Å². The largest absolute Gasteiger partial charge is 0.459 e. The second-order valence-electron chi connectivity index (χ2n) is 7.74. The molecule has 2 aliphatic rings. The molecule has 0 aromatic heterocycles. The number of rotatable bonds is 2. The highest BCUT2D eigenvalue weighted by Crippen LogP contribution is 2.31. The van der Waals surface area contributed by atoms with E-state index in [1.54, 1.807) is 0 Å². The summed E-state index contributed by atoms with van der Waals surface area (Å²) in [4.78, 5) is 14.8. The number of esters is 1. The number of hydrogen-bond donors (Lipinski definition) is 2. The van der Waals surface area contributed by atoms with Crippen molar-refractivity contribution in [1.82, 2.24) is 10.2 Å². The molecule has 0 amide bonds. The van der Waals surface area contributed by atoms with Crippen LogP contribution in [0, 0.1) is 0 Å². The average Bonchev–Trinajstić information content (AvgIpc) is 2.36. The number of hydrogen-bond acceptors (Lipinski definition) is 5. The second-order valence-corrected chi connectivity index (χ2v) is 7.74. The van der Waals surface area contributed by atoms with Crippen molar-refractivity contribution >= 4 is 5.97 Å². The summed E-state index contributed by atoms with van der Waals surface area (Å²) in [6.45, 7) is 10.2. The standard InChI is InChI=1S/C16H30N2O3/c1-15(2,3)21-14(19)13-10-16(4,20)7-9-18(13)12-6-5-8-17-11-12/h12-13,17,20H,5-11H2,1-4H3. The average molecular weight is 298 g/mol. The van der Waals surface area contributed by atoms with Crippen molar-refractivity contribution in [2.45, 2.75) is 76.7 Å². The molecular weight excluding hydrogens is 268 g/mol. The first kappa shape index (κ1) is 16.7. The van der Waals surface area contributed by atoms with Gasteiger partial charge in [-0.25, -0.2) is 0 Å². The zero-order chi connectivity index (χ0) is 15.7. The van der Waals surface area contributed by atoms with Crippen LogP contribution in [0.1, 0.15) is 53.4 Å². The van der Waals surface area contributed by atoms with Gasteiger partial charge in [0.25, 0.3) is 0 Å². The Morgan fingerprint density at radius 1 is 1.43 bits per heavy atom. The summed E-state index contributed by atoms with van der Waals surface area (Å²) in [5.41, 5.74) is -1.27. The van der Waals surface area contributed by atoms with Crippen molar-refractivity contribution in [3.63, 3.8) is 0 Å². The monoisotopic (exact) mass is 298 g/mol. The molecule has 122 valence electrons. The van der Waals surface area contributed by atoms with Crippen LogP contribution >= 0.6 is 0 Å². The van der Waals surface area contributed by atoms with Gasteiger partial charge in [0.1, 0.15) is 11.6 Å². The van der Waals surface area contributed by atoms with E-state index in [4.69, 9.17) is 4.74 Å². The van der Waals surface area contributed by atoms with Gasteiger partial charge >= 0.3 is 5.97 Å². The summed E-state index contributed by atoms with van der Waals surface area (Å²) < 4.78 is 5.58. The third-order valence-electron chi connectivity index (χ3n) is 4.36. The molecule has 0 bridgehead atoms. The Morgan fingerprint density at radius 2 is 2.14 bits per heavy atom. The highest BCUT2D eigenvalue weighted by Gasteiger charge is 2.43. The molecule has 2 heterocycles. The molecule has 2 saturated heterocycles. The van der Waals surface area contributed by atoms with E-state index in [-0.39, 0.29) is 12.0 Å². The molecule has 0 aromatic carbocycles. The summed E-state index contributed by atoms with van der Waals surface area (Å²) in [6, 6.07) is 0.0326. The molecule has 5 nitrogen and oxygen atoms in total. The molecule has 0 spiro atoms. The maximum absolute atomic E-state index is 12.6. The van der Waals surface area contributed by atoms with Crippen molar-refractivity contribution in [2.75, 3.05) is 19.6 Å². The van der Waals surface area contributed by atoms with Gasteiger partial charge in [-0.15, -0.1) is 0 Å². The minimum Gasteiger partial charge on any atom is -0.459 e. The van der Waals surface area contributed by atoms with Gasteiger partial charge < -0.3 is 15.2 Å². The molecule has 3 atom stereocenters. The van der Waals surface area contributed by atoms with Crippen LogP contribution in [0.3, 0.4) is 0 Å². The lowest BCUT2D eigenvalue weighted by atomic mass is 9.86. The van der Waals surface area contributed by atoms with E-state index < -0.39 is 11.2 Å². The number of carbonyl (C=O) groups excluding carboxylic acids is 1. The first-order chi connectivity index (χ1) is 9.68. The Kier molecular flexibility index (Phi) is 4.96. The Balaban J connectivity index is 2.11. The minimum absolute atomic E-state index is 0.201. The molecular formula is C16H30N2O3. The van der Waals surface area contributed by atoms with Crippen LogP contribution < -0.4 is 5.32 Å². The van der Waals surface area contributed by atoms with Gasteiger partial charge in [0.15, 0.2) is 0 Å². The Labute approximate surface area is 128 Å². The molecule has 0 aliphatic carbocycles. The molecule has 2 N–H and O–H groups in total. The van der Waals surface area contributed by atoms with E-state index in [0.29, 0.717) is 18.9 Å². The predicted molar refractivity (Wildman–Crippen MR) is 82.1 cm³/mol. The predicted octanol–water partition coefficient (Wildman–Crippen LogP) is 1.30. The van der Waals surface area contributed by atoms with Crippen molar-refractivity contribution in [3.05, 3.63) is 0 Å². The maximum atomic E-state index is 12.6. The SMILES string of the molecule is CC1(O)CCN(C2CCCNC2)C(C(=O)OC(C)(C)C)C1. The van der Waals surface area contributed by atoms with Crippen LogP contribution in [0.5, 0.6) is 0 Å². The fourth-order valence-electron chi connectivity index (χ4n) is 3.30. The summed E-state index contributed by atoms with van der Waals surface area (Å²) in [6.07, 6.45) is 3.41. The van der Waals surface area contributed by atoms with Gasteiger partial charge in [-0.1, -0.05) is 0 Å². The smallest absolute Gasteiger partial charge is 0.323 e. The lowest BCUT2D eigenvalue weighted by Gasteiger charge is -2.46. The number of ether oxygens (including phenoxy) is 1. The molecule has 0 aromatic rings. The highest BCUT2D eigenvalue weighted by atomic mass is 16.6. The van der Waals surface area contributed by atoms with Crippen molar-refractivity contribution < 1.29 is 14.6 Å². The van der Waals surface area contributed by atoms with E-state index in [0.717, 1.165) is 32.5 Å². The van der Waals surface area contributed by atoms with Crippen LogP contribution in [0.15, 0.2) is 0 Å². The first-order valence-corrected chi connectivity index (χ1v) is 8.10. The van der Waals surface area contributed by atoms with E-state index >= 15 is 0 Å². The first-order valence-electron chi connectivity index (χ1n) is 8.10. The van der Waals surface area contributed by atoms with Crippen molar-refractivity contribution in [3.8, 4) is 0 Å². The lowest BCUT2D eigenvalue weighted by molar-refractivity contribution is -0.169. The molecule has 21 heavy (non-hydrogen) atoms. The van der Waals surface area contributed by atoms with Crippen LogP contribution in [-0.2, 0) is 9.53 Å². The fraction of sp³-hybridized carbons (Fsp3) is 0.938. The van der Waals surface area contributed by atoms with Gasteiger partial charge in [-0.3, -0.25) is 9.69 Å². The summed E-state index contributed by atoms with van der Waals surface area (Å²) >= 11 is 0. The zero-order valence-electron chi connectivity index (χ0n) is 13.8. The van der Waals surface area contributed by atoms with Crippen molar-refractivity contribution in [1.29, 1.82) is 0 Å². The van der Waals surface area contributed by atoms with Crippen LogP contribution in [-0.4, -0.2) is 58.9 Å². The number of nitrogens with one attached hydrogen (secondary N) is 1. The summed E-state index contributed by atoms with van der Waals surface area (Å²) in [7, 11) is 0. The molecule has 2 fully saturated rings. The van der Waals surface area contributed by atoms with Crippen LogP contribution in [0.4, 0.5) is 0 Å². The Hall–Kier alpha value is -0.650. The highest BCUT2D eigenvalue weighted by molar-refractivity contribution is 5.76. The topological polar surface area (TPSA) is 61.8 Å². The second kappa shape index (κ2) is 6.23. The molecule has 3 unspecified atom stereocenters. The quantitative estimate of drug-likeness (QED) is 0.752. The number of piperidine rings is 2. The van der Waals surface area contributed by atoms with Gasteiger partial charge in [-0.2, -0.15) is 0 Å². The fourth-order valence-corrected chi connectivity index (χ4v) is 3.30. The number of carbonyl (C=O) groups is 1.